The maximum absolute atomic E-state index is 5.07. The van der Waals surface area contributed by atoms with E-state index >= 15 is 0 Å². The molecule has 0 bridgehead atoms. The zero-order chi connectivity index (χ0) is 31.9. The first kappa shape index (κ1) is 27.8. The quantitative estimate of drug-likeness (QED) is 0.181. The van der Waals surface area contributed by atoms with Crippen molar-refractivity contribution in [2.24, 2.45) is 0 Å². The van der Waals surface area contributed by atoms with Gasteiger partial charge in [0.25, 0.3) is 0 Å². The zero-order valence-corrected chi connectivity index (χ0v) is 26.0. The standard InChI is InChI=1S/C44H28N4/c1-4-11-29(12-5-1)30-18-20-31(21-19-30)38-26-34-22-23-35-25-36(28-46-42(35)41(34)43-37(38)17-10-24-45-43)44-47-39(32-13-6-2-7-14-32)27-40(48-44)33-15-8-3-9-16-33/h1-28H. The van der Waals surface area contributed by atoms with Crippen molar-refractivity contribution < 1.29 is 0 Å². The van der Waals surface area contributed by atoms with Gasteiger partial charge in [-0.15, -0.1) is 0 Å². The summed E-state index contributed by atoms with van der Waals surface area (Å²) >= 11 is 0. The van der Waals surface area contributed by atoms with Crippen LogP contribution in [0.3, 0.4) is 0 Å². The van der Waals surface area contributed by atoms with Crippen molar-refractivity contribution in [2.45, 2.75) is 0 Å². The molecule has 0 amide bonds. The zero-order valence-electron chi connectivity index (χ0n) is 26.0. The molecule has 0 aliphatic carbocycles. The first-order valence-electron chi connectivity index (χ1n) is 16.0. The van der Waals surface area contributed by atoms with Crippen LogP contribution in [0.25, 0.3) is 88.7 Å². The molecule has 3 heterocycles. The van der Waals surface area contributed by atoms with Gasteiger partial charge in [0.05, 0.1) is 22.4 Å². The molecule has 4 heteroatoms. The Labute approximate surface area is 278 Å². The number of hydrogen-bond acceptors (Lipinski definition) is 4. The Morgan fingerprint density at radius 2 is 0.958 bits per heavy atom. The maximum atomic E-state index is 5.07. The molecule has 4 nitrogen and oxygen atoms in total. The van der Waals surface area contributed by atoms with Crippen molar-refractivity contribution in [2.75, 3.05) is 0 Å². The third kappa shape index (κ3) is 4.97. The van der Waals surface area contributed by atoms with E-state index in [4.69, 9.17) is 19.9 Å². The fourth-order valence-electron chi connectivity index (χ4n) is 6.57. The van der Waals surface area contributed by atoms with Gasteiger partial charge in [-0.25, -0.2) is 9.97 Å². The second-order valence-electron chi connectivity index (χ2n) is 11.9. The lowest BCUT2D eigenvalue weighted by molar-refractivity contribution is 1.18. The molecule has 0 spiro atoms. The van der Waals surface area contributed by atoms with E-state index < -0.39 is 0 Å². The minimum Gasteiger partial charge on any atom is -0.256 e. The van der Waals surface area contributed by atoms with Crippen LogP contribution in [-0.2, 0) is 0 Å². The Balaban J connectivity index is 1.18. The second-order valence-corrected chi connectivity index (χ2v) is 11.9. The number of hydrogen-bond donors (Lipinski definition) is 0. The Kier molecular flexibility index (Phi) is 6.76. The lowest BCUT2D eigenvalue weighted by Crippen LogP contribution is -1.97. The average Bonchev–Trinajstić information content (AvgIpc) is 3.18. The number of benzene rings is 6. The Morgan fingerprint density at radius 1 is 0.375 bits per heavy atom. The normalized spacial score (nSPS) is 11.3. The van der Waals surface area contributed by atoms with Crippen LogP contribution in [0.5, 0.6) is 0 Å². The van der Waals surface area contributed by atoms with Crippen molar-refractivity contribution in [1.29, 1.82) is 0 Å². The highest BCUT2D eigenvalue weighted by Gasteiger charge is 2.16. The summed E-state index contributed by atoms with van der Waals surface area (Å²) in [6, 6.07) is 54.7. The summed E-state index contributed by atoms with van der Waals surface area (Å²) in [5, 5.41) is 4.26. The molecule has 0 radical (unpaired) electrons. The average molecular weight is 613 g/mol. The largest absolute Gasteiger partial charge is 0.256 e. The van der Waals surface area contributed by atoms with Gasteiger partial charge in [0.1, 0.15) is 0 Å². The van der Waals surface area contributed by atoms with Crippen LogP contribution in [0, 0.1) is 0 Å². The fraction of sp³-hybridized carbons (Fsp3) is 0. The minimum absolute atomic E-state index is 0.641. The summed E-state index contributed by atoms with van der Waals surface area (Å²) in [5.74, 6) is 0.641. The summed E-state index contributed by atoms with van der Waals surface area (Å²) in [6.07, 6.45) is 3.76. The number of pyridine rings is 2. The molecule has 0 N–H and O–H groups in total. The van der Waals surface area contributed by atoms with E-state index in [1.165, 1.54) is 11.1 Å². The Hall–Kier alpha value is -6.52. The molecular formula is C44H28N4. The Morgan fingerprint density at radius 3 is 1.62 bits per heavy atom. The van der Waals surface area contributed by atoms with Gasteiger partial charge in [-0.2, -0.15) is 0 Å². The lowest BCUT2D eigenvalue weighted by Gasteiger charge is -2.13. The van der Waals surface area contributed by atoms with Gasteiger partial charge in [-0.05, 0) is 51.9 Å². The molecule has 0 aliphatic heterocycles. The molecule has 48 heavy (non-hydrogen) atoms. The highest BCUT2D eigenvalue weighted by molar-refractivity contribution is 6.21. The number of rotatable bonds is 5. The summed E-state index contributed by atoms with van der Waals surface area (Å²) in [4.78, 5) is 20.0. The monoisotopic (exact) mass is 612 g/mol. The van der Waals surface area contributed by atoms with Crippen molar-refractivity contribution in [3.05, 3.63) is 170 Å². The number of nitrogens with zero attached hydrogens (tertiary/aromatic N) is 4. The molecule has 0 saturated heterocycles. The van der Waals surface area contributed by atoms with Gasteiger partial charge < -0.3 is 0 Å². The van der Waals surface area contributed by atoms with Crippen LogP contribution in [-0.4, -0.2) is 19.9 Å². The lowest BCUT2D eigenvalue weighted by atomic mass is 9.93. The SMILES string of the molecule is c1ccc(-c2ccc(-c3cc4ccc5cc(-c6nc(-c7ccccc7)cc(-c7ccccc7)n6)cnc5c4c4ncccc34)cc2)cc1. The first-order chi connectivity index (χ1) is 23.8. The van der Waals surface area contributed by atoms with E-state index in [0.29, 0.717) is 5.82 Å². The summed E-state index contributed by atoms with van der Waals surface area (Å²) < 4.78 is 0. The highest BCUT2D eigenvalue weighted by atomic mass is 14.9. The van der Waals surface area contributed by atoms with Gasteiger partial charge in [-0.1, -0.05) is 133 Å². The van der Waals surface area contributed by atoms with Gasteiger partial charge in [0, 0.05) is 45.2 Å². The second kappa shape index (κ2) is 11.7. The van der Waals surface area contributed by atoms with Crippen molar-refractivity contribution in [3.8, 4) is 56.2 Å². The maximum Gasteiger partial charge on any atom is 0.161 e. The molecule has 9 rings (SSSR count). The minimum atomic E-state index is 0.641. The van der Waals surface area contributed by atoms with E-state index in [-0.39, 0.29) is 0 Å². The molecular weight excluding hydrogens is 585 g/mol. The van der Waals surface area contributed by atoms with Gasteiger partial charge in [-0.3, -0.25) is 9.97 Å². The molecule has 0 aliphatic rings. The summed E-state index contributed by atoms with van der Waals surface area (Å²) in [7, 11) is 0. The number of fused-ring (bicyclic) bond motifs is 5. The van der Waals surface area contributed by atoms with Crippen molar-refractivity contribution >= 4 is 32.6 Å². The van der Waals surface area contributed by atoms with Crippen LogP contribution in [0.1, 0.15) is 0 Å². The molecule has 224 valence electrons. The predicted molar refractivity (Wildman–Crippen MR) is 197 cm³/mol. The first-order valence-corrected chi connectivity index (χ1v) is 16.0. The molecule has 3 aromatic heterocycles. The van der Waals surface area contributed by atoms with Crippen LogP contribution >= 0.6 is 0 Å². The van der Waals surface area contributed by atoms with Crippen LogP contribution in [0.2, 0.25) is 0 Å². The van der Waals surface area contributed by atoms with E-state index in [1.807, 2.05) is 60.9 Å². The molecule has 0 saturated carbocycles. The van der Waals surface area contributed by atoms with E-state index in [9.17, 15) is 0 Å². The van der Waals surface area contributed by atoms with E-state index in [0.717, 1.165) is 71.8 Å². The van der Waals surface area contributed by atoms with E-state index in [2.05, 4.69) is 109 Å². The third-order valence-corrected chi connectivity index (χ3v) is 8.95. The molecule has 0 fully saturated rings. The summed E-state index contributed by atoms with van der Waals surface area (Å²) in [6.45, 7) is 0. The summed E-state index contributed by atoms with van der Waals surface area (Å²) in [5.41, 5.74) is 11.3. The van der Waals surface area contributed by atoms with Crippen molar-refractivity contribution in [3.63, 3.8) is 0 Å². The van der Waals surface area contributed by atoms with Gasteiger partial charge in [0.2, 0.25) is 0 Å². The number of aromatic nitrogens is 4. The molecule has 6 aromatic carbocycles. The predicted octanol–water partition coefficient (Wildman–Crippen LogP) is 11.1. The molecule has 9 aromatic rings. The van der Waals surface area contributed by atoms with Crippen LogP contribution in [0.4, 0.5) is 0 Å². The molecule has 0 unspecified atom stereocenters. The smallest absolute Gasteiger partial charge is 0.161 e. The highest BCUT2D eigenvalue weighted by Crippen LogP contribution is 2.38. The van der Waals surface area contributed by atoms with Gasteiger partial charge in [0.15, 0.2) is 5.82 Å². The van der Waals surface area contributed by atoms with Crippen LogP contribution < -0.4 is 0 Å². The molecule has 0 atom stereocenters. The van der Waals surface area contributed by atoms with Crippen LogP contribution in [0.15, 0.2) is 170 Å². The van der Waals surface area contributed by atoms with E-state index in [1.54, 1.807) is 0 Å². The third-order valence-electron chi connectivity index (χ3n) is 8.95. The van der Waals surface area contributed by atoms with Crippen molar-refractivity contribution in [1.82, 2.24) is 19.9 Å². The fourth-order valence-corrected chi connectivity index (χ4v) is 6.57. The van der Waals surface area contributed by atoms with Gasteiger partial charge >= 0.3 is 0 Å². The Bertz CT molecular complexity index is 2520. The topological polar surface area (TPSA) is 51.6 Å².